The zero-order valence-electron chi connectivity index (χ0n) is 17.4. The molecule has 2 aromatic carbocycles. The molecule has 0 unspecified atom stereocenters. The molecule has 0 fully saturated rings. The SMILES string of the molecule is C#CCOC[C@@H](O)COc1ccc(C(C)(C)c2ccc(OC[C@@H](O)CCl)cc2)cc1. The second-order valence-electron chi connectivity index (χ2n) is 7.48. The average molecular weight is 433 g/mol. The van der Waals surface area contributed by atoms with Gasteiger partial charge in [0.25, 0.3) is 0 Å². The largest absolute Gasteiger partial charge is 0.491 e. The summed E-state index contributed by atoms with van der Waals surface area (Å²) in [7, 11) is 0. The monoisotopic (exact) mass is 432 g/mol. The Labute approximate surface area is 183 Å². The van der Waals surface area contributed by atoms with Crippen LogP contribution >= 0.6 is 11.6 Å². The van der Waals surface area contributed by atoms with Crippen LogP contribution in [0, 0.1) is 12.3 Å². The van der Waals surface area contributed by atoms with Crippen molar-refractivity contribution in [1.29, 1.82) is 0 Å². The lowest BCUT2D eigenvalue weighted by atomic mass is 9.78. The topological polar surface area (TPSA) is 68.2 Å². The van der Waals surface area contributed by atoms with E-state index in [0.29, 0.717) is 11.5 Å². The summed E-state index contributed by atoms with van der Waals surface area (Å²) >= 11 is 5.58. The Morgan fingerprint density at radius 1 is 0.867 bits per heavy atom. The maximum absolute atomic E-state index is 9.83. The molecule has 2 aromatic rings. The van der Waals surface area contributed by atoms with Crippen LogP contribution in [0.4, 0.5) is 0 Å². The summed E-state index contributed by atoms with van der Waals surface area (Å²) in [5, 5.41) is 19.3. The number of rotatable bonds is 12. The fraction of sp³-hybridized carbons (Fsp3) is 0.417. The summed E-state index contributed by atoms with van der Waals surface area (Å²) in [4.78, 5) is 0. The van der Waals surface area contributed by atoms with E-state index in [1.54, 1.807) is 0 Å². The third-order valence-electron chi connectivity index (χ3n) is 4.71. The van der Waals surface area contributed by atoms with Crippen molar-refractivity contribution < 1.29 is 24.4 Å². The number of terminal acetylenes is 1. The lowest BCUT2D eigenvalue weighted by Crippen LogP contribution is -2.23. The number of hydrogen-bond acceptors (Lipinski definition) is 5. The zero-order chi connectivity index (χ0) is 22.0. The van der Waals surface area contributed by atoms with Crippen LogP contribution in [-0.2, 0) is 10.2 Å². The van der Waals surface area contributed by atoms with E-state index in [4.69, 9.17) is 32.2 Å². The second-order valence-corrected chi connectivity index (χ2v) is 7.79. The van der Waals surface area contributed by atoms with Crippen molar-refractivity contribution in [3.05, 3.63) is 59.7 Å². The van der Waals surface area contributed by atoms with Gasteiger partial charge in [0, 0.05) is 5.41 Å². The molecule has 2 atom stereocenters. The van der Waals surface area contributed by atoms with E-state index in [1.165, 1.54) is 0 Å². The third-order valence-corrected chi connectivity index (χ3v) is 5.07. The normalized spacial score (nSPS) is 13.3. The highest BCUT2D eigenvalue weighted by atomic mass is 35.5. The number of alkyl halides is 1. The molecule has 0 amide bonds. The standard InChI is InChI=1S/C24H29ClO5/c1-4-13-28-15-21(27)17-30-23-11-7-19(8-12-23)24(2,3)18-5-9-22(10-6-18)29-16-20(26)14-25/h1,5-12,20-21,26-27H,13-17H2,2-3H3/t20-,21+/m0/s1. The Hall–Kier alpha value is -2.23. The van der Waals surface area contributed by atoms with Gasteiger partial charge in [-0.1, -0.05) is 44.0 Å². The Morgan fingerprint density at radius 3 is 1.77 bits per heavy atom. The van der Waals surface area contributed by atoms with Crippen LogP contribution in [0.25, 0.3) is 0 Å². The van der Waals surface area contributed by atoms with Gasteiger partial charge in [-0.25, -0.2) is 0 Å². The van der Waals surface area contributed by atoms with Crippen molar-refractivity contribution in [3.63, 3.8) is 0 Å². The summed E-state index contributed by atoms with van der Waals surface area (Å²) in [6.07, 6.45) is 3.68. The molecule has 5 nitrogen and oxygen atoms in total. The predicted octanol–water partition coefficient (Wildman–Crippen LogP) is 3.38. The molecule has 2 rings (SSSR count). The number of ether oxygens (including phenoxy) is 3. The van der Waals surface area contributed by atoms with Crippen molar-refractivity contribution in [2.24, 2.45) is 0 Å². The highest BCUT2D eigenvalue weighted by Crippen LogP contribution is 2.33. The molecule has 0 bridgehead atoms. The Bertz CT molecular complexity index is 796. The van der Waals surface area contributed by atoms with Crippen molar-refractivity contribution in [2.45, 2.75) is 31.5 Å². The van der Waals surface area contributed by atoms with E-state index in [2.05, 4.69) is 19.8 Å². The second kappa shape index (κ2) is 11.8. The van der Waals surface area contributed by atoms with Crippen LogP contribution in [0.1, 0.15) is 25.0 Å². The van der Waals surface area contributed by atoms with Gasteiger partial charge in [-0.15, -0.1) is 18.0 Å². The number of aliphatic hydroxyl groups excluding tert-OH is 2. The summed E-state index contributed by atoms with van der Waals surface area (Å²) in [5.41, 5.74) is 2.02. The third kappa shape index (κ3) is 7.23. The van der Waals surface area contributed by atoms with Gasteiger partial charge in [-0.2, -0.15) is 0 Å². The molecule has 0 spiro atoms. The van der Waals surface area contributed by atoms with Gasteiger partial charge in [0.05, 0.1) is 12.5 Å². The summed E-state index contributed by atoms with van der Waals surface area (Å²) in [6, 6.07) is 15.6. The number of aliphatic hydroxyl groups is 2. The highest BCUT2D eigenvalue weighted by Gasteiger charge is 2.23. The lowest BCUT2D eigenvalue weighted by molar-refractivity contribution is 0.0229. The van der Waals surface area contributed by atoms with Crippen molar-refractivity contribution in [2.75, 3.05) is 32.3 Å². The Morgan fingerprint density at radius 2 is 1.33 bits per heavy atom. The molecule has 162 valence electrons. The van der Waals surface area contributed by atoms with Crippen LogP contribution in [-0.4, -0.2) is 54.7 Å². The maximum Gasteiger partial charge on any atom is 0.119 e. The molecule has 30 heavy (non-hydrogen) atoms. The molecule has 6 heteroatoms. The first-order valence-corrected chi connectivity index (χ1v) is 10.3. The molecule has 0 saturated carbocycles. The van der Waals surface area contributed by atoms with Gasteiger partial charge in [0.15, 0.2) is 0 Å². The Balaban J connectivity index is 1.95. The predicted molar refractivity (Wildman–Crippen MR) is 118 cm³/mol. The van der Waals surface area contributed by atoms with Gasteiger partial charge >= 0.3 is 0 Å². The first-order valence-electron chi connectivity index (χ1n) is 9.76. The van der Waals surface area contributed by atoms with Crippen molar-refractivity contribution >= 4 is 11.6 Å². The van der Waals surface area contributed by atoms with E-state index in [9.17, 15) is 10.2 Å². The fourth-order valence-electron chi connectivity index (χ4n) is 2.83. The molecule has 2 N–H and O–H groups in total. The molecule has 0 saturated heterocycles. The molecule has 0 aliphatic heterocycles. The minimum absolute atomic E-state index is 0.132. The van der Waals surface area contributed by atoms with E-state index in [-0.39, 0.29) is 37.7 Å². The van der Waals surface area contributed by atoms with Gasteiger partial charge < -0.3 is 24.4 Å². The summed E-state index contributed by atoms with van der Waals surface area (Å²) in [5.74, 6) is 3.85. The number of benzene rings is 2. The average Bonchev–Trinajstić information content (AvgIpc) is 2.76. The van der Waals surface area contributed by atoms with Crippen LogP contribution in [0.5, 0.6) is 11.5 Å². The quantitative estimate of drug-likeness (QED) is 0.306. The zero-order valence-corrected chi connectivity index (χ0v) is 18.1. The lowest BCUT2D eigenvalue weighted by Gasteiger charge is -2.26. The van der Waals surface area contributed by atoms with Gasteiger partial charge in [-0.3, -0.25) is 0 Å². The molecule has 0 aromatic heterocycles. The van der Waals surface area contributed by atoms with Crippen LogP contribution < -0.4 is 9.47 Å². The number of halogens is 1. The van der Waals surface area contributed by atoms with Crippen LogP contribution in [0.2, 0.25) is 0 Å². The maximum atomic E-state index is 9.83. The first-order chi connectivity index (χ1) is 14.4. The van der Waals surface area contributed by atoms with Gasteiger partial charge in [0.2, 0.25) is 0 Å². The fourth-order valence-corrected chi connectivity index (χ4v) is 2.92. The first kappa shape index (κ1) is 24.0. The molecule has 0 aliphatic carbocycles. The van der Waals surface area contributed by atoms with E-state index in [0.717, 1.165) is 11.1 Å². The molecule has 0 radical (unpaired) electrons. The summed E-state index contributed by atoms with van der Waals surface area (Å²) < 4.78 is 16.2. The molecule has 0 heterocycles. The van der Waals surface area contributed by atoms with E-state index < -0.39 is 12.2 Å². The van der Waals surface area contributed by atoms with E-state index in [1.807, 2.05) is 48.5 Å². The van der Waals surface area contributed by atoms with Crippen molar-refractivity contribution in [1.82, 2.24) is 0 Å². The molecular weight excluding hydrogens is 404 g/mol. The van der Waals surface area contributed by atoms with Gasteiger partial charge in [-0.05, 0) is 35.4 Å². The molecular formula is C24H29ClO5. The van der Waals surface area contributed by atoms with Crippen LogP contribution in [0.15, 0.2) is 48.5 Å². The van der Waals surface area contributed by atoms with Gasteiger partial charge in [0.1, 0.15) is 43.5 Å². The minimum Gasteiger partial charge on any atom is -0.491 e. The van der Waals surface area contributed by atoms with E-state index >= 15 is 0 Å². The minimum atomic E-state index is -0.735. The molecule has 0 aliphatic rings. The Kier molecular flexibility index (Phi) is 9.48. The van der Waals surface area contributed by atoms with Crippen LogP contribution in [0.3, 0.4) is 0 Å². The van der Waals surface area contributed by atoms with Crippen molar-refractivity contribution in [3.8, 4) is 23.8 Å². The smallest absolute Gasteiger partial charge is 0.119 e. The summed E-state index contributed by atoms with van der Waals surface area (Å²) in [6.45, 7) is 4.89. The highest BCUT2D eigenvalue weighted by molar-refractivity contribution is 6.18. The number of hydrogen-bond donors (Lipinski definition) is 2.